The lowest BCUT2D eigenvalue weighted by molar-refractivity contribution is -0.127. The van der Waals surface area contributed by atoms with Crippen molar-refractivity contribution < 1.29 is 13.9 Å². The Labute approximate surface area is 142 Å². The zero-order chi connectivity index (χ0) is 18.1. The molecule has 0 aromatic heterocycles. The summed E-state index contributed by atoms with van der Waals surface area (Å²) in [4.78, 5) is 17.5. The molecule has 7 heteroatoms. The molecule has 0 saturated carbocycles. The maximum absolute atomic E-state index is 13.5. The first-order valence-corrected chi connectivity index (χ1v) is 7.52. The highest BCUT2D eigenvalue weighted by Gasteiger charge is 2.06. The van der Waals surface area contributed by atoms with Gasteiger partial charge in [0.1, 0.15) is 11.6 Å². The zero-order valence-corrected chi connectivity index (χ0v) is 14.6. The van der Waals surface area contributed by atoms with Crippen LogP contribution in [0.15, 0.2) is 35.3 Å². The van der Waals surface area contributed by atoms with Crippen molar-refractivity contribution in [2.24, 2.45) is 4.99 Å². The molecule has 0 spiro atoms. The lowest BCUT2D eigenvalue weighted by atomic mass is 10.2. The molecular weight excluding hydrogens is 311 g/mol. The lowest BCUT2D eigenvalue weighted by Crippen LogP contribution is -2.43. The van der Waals surface area contributed by atoms with Crippen LogP contribution in [0.3, 0.4) is 0 Å². The van der Waals surface area contributed by atoms with Crippen LogP contribution in [0.4, 0.5) is 4.39 Å². The molecule has 0 aliphatic rings. The first-order valence-electron chi connectivity index (χ1n) is 7.52. The summed E-state index contributed by atoms with van der Waals surface area (Å²) in [5.74, 6) is 0.433. The Morgan fingerprint density at radius 3 is 2.54 bits per heavy atom. The molecule has 0 atom stereocenters. The standard InChI is InChI=1S/C17H25FN4O2/c1-12(2)9-19-17(21-11-16(23)22(3)4)20-10-13-6-14(18)8-15(7-13)24-5/h6-8H,1,9-11H2,2-5H3,(H2,19,20,21). The van der Waals surface area contributed by atoms with E-state index in [1.54, 1.807) is 20.2 Å². The molecule has 2 N–H and O–H groups in total. The van der Waals surface area contributed by atoms with Gasteiger partial charge in [0.25, 0.3) is 0 Å². The number of amides is 1. The molecule has 0 aliphatic carbocycles. The molecule has 0 bridgehead atoms. The van der Waals surface area contributed by atoms with Gasteiger partial charge in [-0.1, -0.05) is 12.2 Å². The predicted molar refractivity (Wildman–Crippen MR) is 93.6 cm³/mol. The van der Waals surface area contributed by atoms with Gasteiger partial charge >= 0.3 is 0 Å². The van der Waals surface area contributed by atoms with E-state index < -0.39 is 0 Å². The average molecular weight is 336 g/mol. The summed E-state index contributed by atoms with van der Waals surface area (Å²) in [7, 11) is 4.85. The van der Waals surface area contributed by atoms with Crippen LogP contribution in [-0.2, 0) is 11.3 Å². The highest BCUT2D eigenvalue weighted by Crippen LogP contribution is 2.16. The number of ether oxygens (including phenoxy) is 1. The molecule has 1 rings (SSSR count). The van der Waals surface area contributed by atoms with Crippen LogP contribution in [0.5, 0.6) is 5.75 Å². The SMILES string of the molecule is C=C(C)CNC(=NCc1cc(F)cc(OC)c1)NCC(=O)N(C)C. The Morgan fingerprint density at radius 2 is 1.96 bits per heavy atom. The van der Waals surface area contributed by atoms with Crippen molar-refractivity contribution in [3.05, 3.63) is 41.7 Å². The quantitative estimate of drug-likeness (QED) is 0.450. The first kappa shape index (κ1) is 19.5. The Balaban J connectivity index is 2.80. The van der Waals surface area contributed by atoms with Gasteiger partial charge in [0, 0.05) is 26.7 Å². The number of methoxy groups -OCH3 is 1. The van der Waals surface area contributed by atoms with Crippen molar-refractivity contribution in [3.63, 3.8) is 0 Å². The number of halogens is 1. The number of hydrogen-bond acceptors (Lipinski definition) is 3. The minimum atomic E-state index is -0.383. The summed E-state index contributed by atoms with van der Waals surface area (Å²) in [5.41, 5.74) is 1.60. The third-order valence-electron chi connectivity index (χ3n) is 3.05. The maximum Gasteiger partial charge on any atom is 0.241 e. The number of nitrogens with zero attached hydrogens (tertiary/aromatic N) is 2. The normalized spacial score (nSPS) is 11.0. The van der Waals surface area contributed by atoms with Crippen molar-refractivity contribution in [1.82, 2.24) is 15.5 Å². The fourth-order valence-corrected chi connectivity index (χ4v) is 1.73. The molecular formula is C17H25FN4O2. The second-order valence-corrected chi connectivity index (χ2v) is 5.62. The number of carbonyl (C=O) groups excluding carboxylic acids is 1. The van der Waals surface area contributed by atoms with E-state index >= 15 is 0 Å². The summed E-state index contributed by atoms with van der Waals surface area (Å²) in [6.07, 6.45) is 0. The molecule has 0 fully saturated rings. The summed E-state index contributed by atoms with van der Waals surface area (Å²) >= 11 is 0. The Bertz CT molecular complexity index is 615. The van der Waals surface area contributed by atoms with E-state index in [1.807, 2.05) is 6.92 Å². The number of guanidine groups is 1. The number of nitrogens with one attached hydrogen (secondary N) is 2. The molecule has 132 valence electrons. The van der Waals surface area contributed by atoms with Crippen molar-refractivity contribution in [2.45, 2.75) is 13.5 Å². The van der Waals surface area contributed by atoms with E-state index in [2.05, 4.69) is 22.2 Å². The highest BCUT2D eigenvalue weighted by molar-refractivity contribution is 5.86. The van der Waals surface area contributed by atoms with Gasteiger partial charge in [-0.3, -0.25) is 4.79 Å². The van der Waals surface area contributed by atoms with Crippen molar-refractivity contribution in [2.75, 3.05) is 34.3 Å². The predicted octanol–water partition coefficient (Wildman–Crippen LogP) is 1.53. The van der Waals surface area contributed by atoms with Crippen molar-refractivity contribution in [1.29, 1.82) is 0 Å². The first-order chi connectivity index (χ1) is 11.3. The lowest BCUT2D eigenvalue weighted by Gasteiger charge is -2.15. The molecule has 24 heavy (non-hydrogen) atoms. The van der Waals surface area contributed by atoms with Crippen molar-refractivity contribution >= 4 is 11.9 Å². The molecule has 6 nitrogen and oxygen atoms in total. The van der Waals surface area contributed by atoms with E-state index in [9.17, 15) is 9.18 Å². The van der Waals surface area contributed by atoms with E-state index in [0.717, 1.165) is 5.57 Å². The van der Waals surface area contributed by atoms with Crippen LogP contribution in [0, 0.1) is 5.82 Å². The fraction of sp³-hybridized carbons (Fsp3) is 0.412. The van der Waals surface area contributed by atoms with E-state index in [1.165, 1.54) is 24.1 Å². The number of hydrogen-bond donors (Lipinski definition) is 2. The molecule has 0 heterocycles. The fourth-order valence-electron chi connectivity index (χ4n) is 1.73. The highest BCUT2D eigenvalue weighted by atomic mass is 19.1. The van der Waals surface area contributed by atoms with Crippen molar-refractivity contribution in [3.8, 4) is 5.75 Å². The molecule has 1 aromatic rings. The smallest absolute Gasteiger partial charge is 0.241 e. The molecule has 0 unspecified atom stereocenters. The number of carbonyl (C=O) groups is 1. The number of likely N-dealkylation sites (N-methyl/N-ethyl adjacent to an activating group) is 1. The van der Waals surface area contributed by atoms with Gasteiger partial charge in [-0.2, -0.15) is 0 Å². The van der Waals surface area contributed by atoms with E-state index in [-0.39, 0.29) is 24.8 Å². The monoisotopic (exact) mass is 336 g/mol. The van der Waals surface area contributed by atoms with Gasteiger partial charge in [0.2, 0.25) is 5.91 Å². The van der Waals surface area contributed by atoms with Crippen LogP contribution in [0.2, 0.25) is 0 Å². The third-order valence-corrected chi connectivity index (χ3v) is 3.05. The van der Waals surface area contributed by atoms with E-state index in [0.29, 0.717) is 23.8 Å². The molecule has 1 aromatic carbocycles. The summed E-state index contributed by atoms with van der Waals surface area (Å²) in [6, 6.07) is 4.42. The summed E-state index contributed by atoms with van der Waals surface area (Å²) in [5, 5.41) is 6.02. The topological polar surface area (TPSA) is 66.0 Å². The average Bonchev–Trinajstić information content (AvgIpc) is 2.52. The molecule has 0 radical (unpaired) electrons. The zero-order valence-electron chi connectivity index (χ0n) is 14.6. The number of rotatable bonds is 7. The molecule has 1 amide bonds. The Kier molecular flexibility index (Phi) is 7.74. The number of aliphatic imine (C=N–C) groups is 1. The Morgan fingerprint density at radius 1 is 1.29 bits per heavy atom. The molecule has 0 aliphatic heterocycles. The van der Waals surface area contributed by atoms with Gasteiger partial charge < -0.3 is 20.3 Å². The summed E-state index contributed by atoms with van der Waals surface area (Å²) < 4.78 is 18.6. The van der Waals surface area contributed by atoms with Crippen LogP contribution in [0.1, 0.15) is 12.5 Å². The second kappa shape index (κ2) is 9.54. The largest absolute Gasteiger partial charge is 0.497 e. The van der Waals surface area contributed by atoms with Crippen LogP contribution < -0.4 is 15.4 Å². The summed E-state index contributed by atoms with van der Waals surface area (Å²) in [6.45, 7) is 6.58. The second-order valence-electron chi connectivity index (χ2n) is 5.62. The number of benzene rings is 1. The maximum atomic E-state index is 13.5. The van der Waals surface area contributed by atoms with E-state index in [4.69, 9.17) is 4.74 Å². The van der Waals surface area contributed by atoms with Crippen LogP contribution in [0.25, 0.3) is 0 Å². The van der Waals surface area contributed by atoms with Gasteiger partial charge in [-0.15, -0.1) is 0 Å². The van der Waals surface area contributed by atoms with Crippen LogP contribution >= 0.6 is 0 Å². The van der Waals surface area contributed by atoms with Gasteiger partial charge in [0.15, 0.2) is 5.96 Å². The van der Waals surface area contributed by atoms with Crippen LogP contribution in [-0.4, -0.2) is 51.1 Å². The molecule has 0 saturated heterocycles. The minimum absolute atomic E-state index is 0.0766. The van der Waals surface area contributed by atoms with Gasteiger partial charge in [0.05, 0.1) is 20.2 Å². The Hall–Kier alpha value is -2.57. The van der Waals surface area contributed by atoms with Gasteiger partial charge in [-0.05, 0) is 24.6 Å². The minimum Gasteiger partial charge on any atom is -0.497 e. The van der Waals surface area contributed by atoms with Gasteiger partial charge in [-0.25, -0.2) is 9.38 Å². The third kappa shape index (κ3) is 7.13.